The normalized spacial score (nSPS) is 9.40. The van der Waals surface area contributed by atoms with Crippen LogP contribution in [0.3, 0.4) is 0 Å². The second-order valence-electron chi connectivity index (χ2n) is 2.96. The number of hydrogen-bond acceptors (Lipinski definition) is 2. The molecule has 0 spiro atoms. The molecule has 15 heavy (non-hydrogen) atoms. The van der Waals surface area contributed by atoms with Gasteiger partial charge in [-0.15, -0.1) is 0 Å². The molecule has 2 rings (SSSR count). The van der Waals surface area contributed by atoms with Crippen LogP contribution in [0.2, 0.25) is 0 Å². The number of aldehydes is 1. The van der Waals surface area contributed by atoms with Gasteiger partial charge in [-0.25, -0.2) is 4.98 Å². The number of pyridine rings is 1. The van der Waals surface area contributed by atoms with Gasteiger partial charge in [-0.1, -0.05) is 18.2 Å². The summed E-state index contributed by atoms with van der Waals surface area (Å²) < 4.78 is 2.72. The van der Waals surface area contributed by atoms with Gasteiger partial charge in [0.15, 0.2) is 6.29 Å². The van der Waals surface area contributed by atoms with Crippen molar-refractivity contribution < 1.29 is 4.79 Å². The molecule has 0 aliphatic rings. The summed E-state index contributed by atoms with van der Waals surface area (Å²) in [6, 6.07) is 9.48. The molecule has 3 heteroatoms. The molecule has 0 aliphatic heterocycles. The summed E-state index contributed by atoms with van der Waals surface area (Å²) in [6.07, 6.45) is 0.787. The molecule has 0 fully saturated rings. The van der Waals surface area contributed by atoms with Crippen molar-refractivity contribution in [3.63, 3.8) is 0 Å². The molecule has 0 unspecified atom stereocenters. The Bertz CT molecular complexity index is 581. The molecule has 0 saturated carbocycles. The van der Waals surface area contributed by atoms with E-state index in [9.17, 15) is 4.79 Å². The number of halogens is 1. The van der Waals surface area contributed by atoms with Gasteiger partial charge >= 0.3 is 0 Å². The molecule has 0 N–H and O–H groups in total. The molecule has 1 heterocycles. The molecule has 0 atom stereocenters. The highest BCUT2D eigenvalue weighted by Gasteiger charge is 2.03. The SMILES string of the molecule is O=Cc1cc2ccccc2nc1C#CI. The summed E-state index contributed by atoms with van der Waals surface area (Å²) in [5.41, 5.74) is 1.94. The monoisotopic (exact) mass is 307 g/mol. The maximum absolute atomic E-state index is 10.8. The van der Waals surface area contributed by atoms with Crippen molar-refractivity contribution in [2.45, 2.75) is 0 Å². The predicted octanol–water partition coefficient (Wildman–Crippen LogP) is 2.79. The zero-order valence-electron chi connectivity index (χ0n) is 7.70. The fourth-order valence-corrected chi connectivity index (χ4v) is 1.62. The molecule has 0 saturated heterocycles. The number of aromatic nitrogens is 1. The summed E-state index contributed by atoms with van der Waals surface area (Å²) in [6.45, 7) is 0. The number of benzene rings is 1. The van der Waals surface area contributed by atoms with Gasteiger partial charge in [-0.2, -0.15) is 0 Å². The van der Waals surface area contributed by atoms with Crippen LogP contribution >= 0.6 is 22.6 Å². The standard InChI is InChI=1S/C12H6INO/c13-6-5-12-10(8-15)7-9-3-1-2-4-11(9)14-12/h1-4,7-8H. The molecule has 0 amide bonds. The maximum Gasteiger partial charge on any atom is 0.152 e. The third-order valence-electron chi connectivity index (χ3n) is 2.05. The van der Waals surface area contributed by atoms with Crippen LogP contribution < -0.4 is 0 Å². The van der Waals surface area contributed by atoms with Gasteiger partial charge in [0, 0.05) is 33.5 Å². The van der Waals surface area contributed by atoms with Crippen LogP contribution in [0.5, 0.6) is 0 Å². The number of rotatable bonds is 1. The van der Waals surface area contributed by atoms with Crippen molar-refractivity contribution in [1.82, 2.24) is 4.98 Å². The maximum atomic E-state index is 10.8. The Morgan fingerprint density at radius 3 is 2.87 bits per heavy atom. The Hall–Kier alpha value is -1.41. The van der Waals surface area contributed by atoms with E-state index in [1.54, 1.807) is 0 Å². The predicted molar refractivity (Wildman–Crippen MR) is 68.0 cm³/mol. The van der Waals surface area contributed by atoms with Gasteiger partial charge in [0.25, 0.3) is 0 Å². The van der Waals surface area contributed by atoms with Crippen LogP contribution in [0.1, 0.15) is 16.1 Å². The molecule has 72 valence electrons. The minimum absolute atomic E-state index is 0.540. The number of carbonyl (C=O) groups is 1. The Balaban J connectivity index is 2.78. The second-order valence-corrected chi connectivity index (χ2v) is 3.50. The summed E-state index contributed by atoms with van der Waals surface area (Å²) in [7, 11) is 0. The lowest BCUT2D eigenvalue weighted by Gasteiger charge is -2.00. The minimum Gasteiger partial charge on any atom is -0.298 e. The summed E-state index contributed by atoms with van der Waals surface area (Å²) in [5.74, 6) is 2.81. The van der Waals surface area contributed by atoms with Gasteiger partial charge in [0.1, 0.15) is 5.69 Å². The van der Waals surface area contributed by atoms with Crippen LogP contribution in [-0.4, -0.2) is 11.3 Å². The first-order valence-corrected chi connectivity index (χ1v) is 5.39. The van der Waals surface area contributed by atoms with Crippen LogP contribution in [0.15, 0.2) is 30.3 Å². The Kier molecular flexibility index (Phi) is 2.97. The van der Waals surface area contributed by atoms with E-state index in [1.807, 2.05) is 52.9 Å². The van der Waals surface area contributed by atoms with Gasteiger partial charge in [0.05, 0.1) is 5.52 Å². The lowest BCUT2D eigenvalue weighted by molar-refractivity contribution is 0.112. The average molecular weight is 307 g/mol. The van der Waals surface area contributed by atoms with E-state index in [-0.39, 0.29) is 0 Å². The molecular weight excluding hydrogens is 301 g/mol. The molecule has 2 nitrogen and oxygen atoms in total. The van der Waals surface area contributed by atoms with Crippen molar-refractivity contribution in [1.29, 1.82) is 0 Å². The highest BCUT2D eigenvalue weighted by atomic mass is 127. The third-order valence-corrected chi connectivity index (χ3v) is 2.32. The first kappa shape index (κ1) is 10.1. The fraction of sp³-hybridized carbons (Fsp3) is 0. The van der Waals surface area contributed by atoms with E-state index < -0.39 is 0 Å². The second kappa shape index (κ2) is 4.41. The Morgan fingerprint density at radius 1 is 1.33 bits per heavy atom. The van der Waals surface area contributed by atoms with Crippen molar-refractivity contribution in [2.75, 3.05) is 0 Å². The van der Waals surface area contributed by atoms with Crippen LogP contribution in [0.25, 0.3) is 10.9 Å². The van der Waals surface area contributed by atoms with E-state index in [0.717, 1.165) is 17.2 Å². The largest absolute Gasteiger partial charge is 0.298 e. The fourth-order valence-electron chi connectivity index (χ4n) is 1.37. The quantitative estimate of drug-likeness (QED) is 0.461. The summed E-state index contributed by atoms with van der Waals surface area (Å²) >= 11 is 1.93. The lowest BCUT2D eigenvalue weighted by Crippen LogP contribution is -1.92. The van der Waals surface area contributed by atoms with Gasteiger partial charge in [-0.05, 0) is 22.0 Å². The van der Waals surface area contributed by atoms with Gasteiger partial charge in [0.2, 0.25) is 0 Å². The Labute approximate surface area is 101 Å². The van der Waals surface area contributed by atoms with Crippen LogP contribution in [0.4, 0.5) is 0 Å². The lowest BCUT2D eigenvalue weighted by atomic mass is 10.1. The van der Waals surface area contributed by atoms with Crippen molar-refractivity contribution in [3.05, 3.63) is 41.6 Å². The van der Waals surface area contributed by atoms with E-state index >= 15 is 0 Å². The van der Waals surface area contributed by atoms with E-state index in [1.165, 1.54) is 0 Å². The highest BCUT2D eigenvalue weighted by Crippen LogP contribution is 2.14. The zero-order chi connectivity index (χ0) is 10.7. The van der Waals surface area contributed by atoms with E-state index in [2.05, 4.69) is 14.8 Å². The van der Waals surface area contributed by atoms with Gasteiger partial charge < -0.3 is 0 Å². The molecule has 0 aliphatic carbocycles. The molecular formula is C12H6INO. The molecule has 2 aromatic rings. The third kappa shape index (κ3) is 2.00. The summed E-state index contributed by atoms with van der Waals surface area (Å²) in [5, 5.41) is 0.957. The van der Waals surface area contributed by atoms with Crippen LogP contribution in [0, 0.1) is 9.85 Å². The number of nitrogens with zero attached hydrogens (tertiary/aromatic N) is 1. The van der Waals surface area contributed by atoms with E-state index in [4.69, 9.17) is 0 Å². The highest BCUT2D eigenvalue weighted by molar-refractivity contribution is 14.1. The molecule has 1 aromatic heterocycles. The number of carbonyl (C=O) groups excluding carboxylic acids is 1. The molecule has 0 bridgehead atoms. The van der Waals surface area contributed by atoms with Crippen LogP contribution in [-0.2, 0) is 0 Å². The molecule has 0 radical (unpaired) electrons. The number of fused-ring (bicyclic) bond motifs is 1. The Morgan fingerprint density at radius 2 is 2.13 bits per heavy atom. The topological polar surface area (TPSA) is 30.0 Å². The zero-order valence-corrected chi connectivity index (χ0v) is 9.86. The molecule has 1 aromatic carbocycles. The van der Waals surface area contributed by atoms with E-state index in [0.29, 0.717) is 11.3 Å². The summed E-state index contributed by atoms with van der Waals surface area (Å²) in [4.78, 5) is 15.2. The smallest absolute Gasteiger partial charge is 0.152 e. The van der Waals surface area contributed by atoms with Gasteiger partial charge in [-0.3, -0.25) is 4.79 Å². The minimum atomic E-state index is 0.540. The number of para-hydroxylation sites is 1. The van der Waals surface area contributed by atoms with Crippen molar-refractivity contribution >= 4 is 39.8 Å². The first-order valence-electron chi connectivity index (χ1n) is 4.32. The number of hydrogen-bond donors (Lipinski definition) is 0. The van der Waals surface area contributed by atoms with Crippen molar-refractivity contribution in [2.24, 2.45) is 0 Å². The van der Waals surface area contributed by atoms with Crippen molar-refractivity contribution in [3.8, 4) is 9.85 Å². The first-order chi connectivity index (χ1) is 7.35. The average Bonchev–Trinajstić information content (AvgIpc) is 2.28.